The van der Waals surface area contributed by atoms with Gasteiger partial charge in [0.25, 0.3) is 5.91 Å². The quantitative estimate of drug-likeness (QED) is 0.686. The van der Waals surface area contributed by atoms with E-state index in [1.165, 1.54) is 0 Å². The van der Waals surface area contributed by atoms with Crippen LogP contribution < -0.4 is 10.9 Å². The van der Waals surface area contributed by atoms with E-state index in [2.05, 4.69) is 21.2 Å². The summed E-state index contributed by atoms with van der Waals surface area (Å²) < 4.78 is 6.13. The molecule has 1 aromatic heterocycles. The monoisotopic (exact) mass is 376 g/mol. The Morgan fingerprint density at radius 1 is 1.18 bits per heavy atom. The Morgan fingerprint density at radius 2 is 1.95 bits per heavy atom. The lowest BCUT2D eigenvalue weighted by atomic mass is 10.1. The molecule has 110 valence electrons. The molecule has 3 aromatic rings. The normalized spacial score (nSPS) is 10.6. The molecule has 0 unspecified atom stereocenters. The van der Waals surface area contributed by atoms with E-state index >= 15 is 0 Å². The molecule has 6 heteroatoms. The minimum absolute atomic E-state index is 0.144. The number of rotatable bonds is 2. The van der Waals surface area contributed by atoms with Crippen molar-refractivity contribution in [2.75, 3.05) is 5.32 Å². The van der Waals surface area contributed by atoms with Crippen LogP contribution in [0.25, 0.3) is 11.0 Å². The summed E-state index contributed by atoms with van der Waals surface area (Å²) in [6, 6.07) is 13.9. The van der Waals surface area contributed by atoms with Gasteiger partial charge in [-0.25, -0.2) is 0 Å². The number of nitrogens with one attached hydrogen (secondary N) is 2. The Hall–Kier alpha value is -2.11. The molecule has 2 aromatic carbocycles. The molecular weight excluding hydrogens is 368 g/mol. The first-order valence-corrected chi connectivity index (χ1v) is 7.55. The van der Waals surface area contributed by atoms with Crippen LogP contribution in [0.15, 0.2) is 57.4 Å². The van der Waals surface area contributed by atoms with Gasteiger partial charge in [-0.3, -0.25) is 10.2 Å². The predicted octanol–water partition coefficient (Wildman–Crippen LogP) is 4.58. The molecule has 0 radical (unpaired) electrons. The fourth-order valence-electron chi connectivity index (χ4n) is 2.03. The highest BCUT2D eigenvalue weighted by Gasteiger charge is 2.13. The van der Waals surface area contributed by atoms with Crippen LogP contribution in [0.5, 0.6) is 0 Å². The van der Waals surface area contributed by atoms with Gasteiger partial charge in [0.15, 0.2) is 0 Å². The van der Waals surface area contributed by atoms with E-state index in [1.807, 2.05) is 18.2 Å². The fraction of sp³-hybridized carbons (Fsp3) is 0. The number of carbonyl (C=O) groups is 1. The van der Waals surface area contributed by atoms with Gasteiger partial charge in [-0.2, -0.15) is 0 Å². The molecule has 1 amide bonds. The fourth-order valence-corrected chi connectivity index (χ4v) is 2.60. The second-order valence-corrected chi connectivity index (χ2v) is 5.90. The van der Waals surface area contributed by atoms with E-state index in [1.54, 1.807) is 30.3 Å². The lowest BCUT2D eigenvalue weighted by Crippen LogP contribution is -2.21. The number of benzene rings is 2. The summed E-state index contributed by atoms with van der Waals surface area (Å²) >= 11 is 9.31. The highest BCUT2D eigenvalue weighted by Crippen LogP contribution is 2.23. The third-order valence-corrected chi connectivity index (χ3v) is 4.02. The van der Waals surface area contributed by atoms with Gasteiger partial charge in [0.1, 0.15) is 11.1 Å². The summed E-state index contributed by atoms with van der Waals surface area (Å²) in [4.78, 5) is 12.4. The van der Waals surface area contributed by atoms with E-state index in [0.29, 0.717) is 21.7 Å². The maximum atomic E-state index is 12.4. The van der Waals surface area contributed by atoms with Crippen LogP contribution in [0.4, 0.5) is 5.69 Å². The molecule has 0 saturated heterocycles. The van der Waals surface area contributed by atoms with Gasteiger partial charge in [0.05, 0.1) is 5.69 Å². The van der Waals surface area contributed by atoms with Gasteiger partial charge >= 0.3 is 0 Å². The summed E-state index contributed by atoms with van der Waals surface area (Å²) in [7, 11) is 0. The number of halogens is 2. The molecule has 2 N–H and O–H groups in total. The molecule has 22 heavy (non-hydrogen) atoms. The van der Waals surface area contributed by atoms with Crippen molar-refractivity contribution in [3.8, 4) is 0 Å². The number of fused-ring (bicyclic) bond motifs is 1. The SMILES string of the molecule is N=c1oc2ccc(Cl)cc2cc1C(=O)Nc1ccccc1Br. The average molecular weight is 378 g/mol. The van der Waals surface area contributed by atoms with E-state index in [4.69, 9.17) is 21.4 Å². The highest BCUT2D eigenvalue weighted by atomic mass is 79.9. The minimum Gasteiger partial charge on any atom is -0.438 e. The van der Waals surface area contributed by atoms with E-state index in [-0.39, 0.29) is 11.1 Å². The average Bonchev–Trinajstić information content (AvgIpc) is 2.49. The number of anilines is 1. The Balaban J connectivity index is 2.02. The number of amides is 1. The van der Waals surface area contributed by atoms with Crippen LogP contribution in [-0.4, -0.2) is 5.91 Å². The van der Waals surface area contributed by atoms with Gasteiger partial charge in [0, 0.05) is 14.9 Å². The van der Waals surface area contributed by atoms with Crippen LogP contribution in [-0.2, 0) is 0 Å². The van der Waals surface area contributed by atoms with E-state index in [0.717, 1.165) is 4.47 Å². The van der Waals surface area contributed by atoms with Crippen LogP contribution in [0.1, 0.15) is 10.4 Å². The van der Waals surface area contributed by atoms with Crippen molar-refractivity contribution in [3.05, 3.63) is 69.1 Å². The summed E-state index contributed by atoms with van der Waals surface area (Å²) in [5, 5.41) is 11.8. The third kappa shape index (κ3) is 2.91. The molecule has 0 aliphatic carbocycles. The van der Waals surface area contributed by atoms with Gasteiger partial charge in [-0.15, -0.1) is 0 Å². The topological polar surface area (TPSA) is 66.1 Å². The van der Waals surface area contributed by atoms with Crippen LogP contribution in [0, 0.1) is 5.41 Å². The molecule has 0 aliphatic heterocycles. The maximum absolute atomic E-state index is 12.4. The minimum atomic E-state index is -0.414. The lowest BCUT2D eigenvalue weighted by Gasteiger charge is -2.07. The van der Waals surface area contributed by atoms with Crippen molar-refractivity contribution < 1.29 is 9.21 Å². The maximum Gasteiger partial charge on any atom is 0.261 e. The van der Waals surface area contributed by atoms with Gasteiger partial charge < -0.3 is 9.73 Å². The predicted molar refractivity (Wildman–Crippen MR) is 89.2 cm³/mol. The van der Waals surface area contributed by atoms with Crippen molar-refractivity contribution in [2.24, 2.45) is 0 Å². The summed E-state index contributed by atoms with van der Waals surface area (Å²) in [5.41, 5.74) is 1.08. The van der Waals surface area contributed by atoms with Crippen LogP contribution in [0.3, 0.4) is 0 Å². The Kier molecular flexibility index (Phi) is 4.00. The Morgan fingerprint density at radius 3 is 2.73 bits per heavy atom. The molecule has 0 bridgehead atoms. The number of hydrogen-bond donors (Lipinski definition) is 2. The third-order valence-electron chi connectivity index (χ3n) is 3.10. The van der Waals surface area contributed by atoms with Crippen LogP contribution >= 0.6 is 27.5 Å². The van der Waals surface area contributed by atoms with Crippen molar-refractivity contribution in [1.29, 1.82) is 5.41 Å². The van der Waals surface area contributed by atoms with Crippen molar-refractivity contribution in [2.45, 2.75) is 0 Å². The van der Waals surface area contributed by atoms with Crippen molar-refractivity contribution in [1.82, 2.24) is 0 Å². The second kappa shape index (κ2) is 5.94. The molecule has 4 nitrogen and oxygen atoms in total. The van der Waals surface area contributed by atoms with Gasteiger partial charge in [-0.1, -0.05) is 23.7 Å². The molecule has 1 heterocycles. The Labute approximate surface area is 139 Å². The largest absolute Gasteiger partial charge is 0.438 e. The van der Waals surface area contributed by atoms with Gasteiger partial charge in [0.2, 0.25) is 5.55 Å². The lowest BCUT2D eigenvalue weighted by molar-refractivity contribution is 0.102. The van der Waals surface area contributed by atoms with Crippen molar-refractivity contribution >= 4 is 50.1 Å². The molecule has 0 saturated carbocycles. The summed E-state index contributed by atoms with van der Waals surface area (Å²) in [6.07, 6.45) is 0. The summed E-state index contributed by atoms with van der Waals surface area (Å²) in [5.74, 6) is -0.414. The van der Waals surface area contributed by atoms with Gasteiger partial charge in [-0.05, 0) is 52.3 Å². The van der Waals surface area contributed by atoms with Crippen molar-refractivity contribution in [3.63, 3.8) is 0 Å². The first-order chi connectivity index (χ1) is 10.5. The standard InChI is InChI=1S/C16H10BrClN2O2/c17-12-3-1-2-4-13(12)20-16(21)11-8-9-7-10(18)5-6-14(9)22-15(11)19/h1-8,19H,(H,20,21). The zero-order valence-corrected chi connectivity index (χ0v) is 13.5. The summed E-state index contributed by atoms with van der Waals surface area (Å²) in [6.45, 7) is 0. The number of hydrogen-bond acceptors (Lipinski definition) is 3. The highest BCUT2D eigenvalue weighted by molar-refractivity contribution is 9.10. The molecule has 0 fully saturated rings. The molecule has 0 aliphatic rings. The zero-order valence-electron chi connectivity index (χ0n) is 11.2. The Bertz CT molecular complexity index is 937. The first kappa shape index (κ1) is 14.8. The number of carbonyl (C=O) groups excluding carboxylic acids is 1. The molecule has 0 atom stereocenters. The smallest absolute Gasteiger partial charge is 0.261 e. The molecule has 3 rings (SSSR count). The van der Waals surface area contributed by atoms with Crippen LogP contribution in [0.2, 0.25) is 5.02 Å². The van der Waals surface area contributed by atoms with E-state index < -0.39 is 5.91 Å². The molecule has 0 spiro atoms. The first-order valence-electron chi connectivity index (χ1n) is 6.38. The number of para-hydroxylation sites is 1. The zero-order chi connectivity index (χ0) is 15.7. The second-order valence-electron chi connectivity index (χ2n) is 4.61. The molecular formula is C16H10BrClN2O2. The van der Waals surface area contributed by atoms with E-state index in [9.17, 15) is 4.79 Å².